The molecule has 1 heterocycles. The Hall–Kier alpha value is -2.62. The number of para-hydroxylation sites is 1. The lowest BCUT2D eigenvalue weighted by Gasteiger charge is -2.21. The standard InChI is InChI=1S/C18H18FN3O4S/c1-26-11-10-22(27(24,25)16-9-5-3-7-14(16)19)12-17-20-15-8-4-2-6-13(15)18(23)21-17/h2-9H,10-12H2,1H3,(H,20,21,23). The lowest BCUT2D eigenvalue weighted by atomic mass is 10.2. The highest BCUT2D eigenvalue weighted by molar-refractivity contribution is 7.89. The van der Waals surface area contributed by atoms with Crippen LogP contribution in [-0.2, 0) is 21.3 Å². The van der Waals surface area contributed by atoms with Crippen LogP contribution in [0.1, 0.15) is 5.82 Å². The predicted molar refractivity (Wildman–Crippen MR) is 98.2 cm³/mol. The van der Waals surface area contributed by atoms with Crippen LogP contribution >= 0.6 is 0 Å². The summed E-state index contributed by atoms with van der Waals surface area (Å²) in [7, 11) is -2.72. The lowest BCUT2D eigenvalue weighted by Crippen LogP contribution is -2.35. The molecule has 2 aromatic carbocycles. The topological polar surface area (TPSA) is 92.4 Å². The molecule has 0 aliphatic rings. The van der Waals surface area contributed by atoms with Crippen molar-refractivity contribution in [1.82, 2.24) is 14.3 Å². The number of aromatic amines is 1. The number of sulfonamides is 1. The molecule has 0 radical (unpaired) electrons. The number of rotatable bonds is 7. The Kier molecular flexibility index (Phi) is 5.64. The minimum atomic E-state index is -4.15. The molecule has 0 atom stereocenters. The van der Waals surface area contributed by atoms with Crippen LogP contribution in [0.5, 0.6) is 0 Å². The predicted octanol–water partition coefficient (Wildman–Crippen LogP) is 1.90. The molecule has 0 spiro atoms. The summed E-state index contributed by atoms with van der Waals surface area (Å²) in [5, 5.41) is 0.404. The maximum Gasteiger partial charge on any atom is 0.258 e. The summed E-state index contributed by atoms with van der Waals surface area (Å²) in [5.41, 5.74) is 0.0804. The van der Waals surface area contributed by atoms with Gasteiger partial charge < -0.3 is 9.72 Å². The average Bonchev–Trinajstić information content (AvgIpc) is 2.65. The SMILES string of the molecule is COCCN(Cc1nc2ccccc2c(=O)[nH]1)S(=O)(=O)c1ccccc1F. The number of H-pyrrole nitrogens is 1. The van der Waals surface area contributed by atoms with Crippen LogP contribution in [0, 0.1) is 5.82 Å². The Morgan fingerprint density at radius 3 is 2.59 bits per heavy atom. The molecule has 0 amide bonds. The van der Waals surface area contributed by atoms with Crippen LogP contribution in [0.3, 0.4) is 0 Å². The molecule has 27 heavy (non-hydrogen) atoms. The van der Waals surface area contributed by atoms with Gasteiger partial charge in [0.2, 0.25) is 10.0 Å². The molecule has 142 valence electrons. The van der Waals surface area contributed by atoms with Crippen molar-refractivity contribution in [2.45, 2.75) is 11.4 Å². The number of methoxy groups -OCH3 is 1. The number of halogens is 1. The number of hydrogen-bond acceptors (Lipinski definition) is 5. The molecule has 9 heteroatoms. The largest absolute Gasteiger partial charge is 0.383 e. The van der Waals surface area contributed by atoms with Gasteiger partial charge in [0.15, 0.2) is 0 Å². The smallest absolute Gasteiger partial charge is 0.258 e. The first kappa shape index (κ1) is 19.2. The molecule has 0 fully saturated rings. The molecule has 0 aliphatic heterocycles. The number of ether oxygens (including phenoxy) is 1. The Morgan fingerprint density at radius 1 is 1.15 bits per heavy atom. The van der Waals surface area contributed by atoms with E-state index < -0.39 is 20.7 Å². The number of aromatic nitrogens is 2. The zero-order valence-electron chi connectivity index (χ0n) is 14.6. The maximum absolute atomic E-state index is 14.1. The summed E-state index contributed by atoms with van der Waals surface area (Å²) in [6.45, 7) is -0.144. The Balaban J connectivity index is 2.01. The van der Waals surface area contributed by atoms with Gasteiger partial charge in [0.05, 0.1) is 24.1 Å². The van der Waals surface area contributed by atoms with Gasteiger partial charge >= 0.3 is 0 Å². The van der Waals surface area contributed by atoms with E-state index in [9.17, 15) is 17.6 Å². The van der Waals surface area contributed by atoms with Gasteiger partial charge in [-0.15, -0.1) is 0 Å². The highest BCUT2D eigenvalue weighted by Crippen LogP contribution is 2.20. The van der Waals surface area contributed by atoms with Crippen LogP contribution in [0.2, 0.25) is 0 Å². The second-order valence-electron chi connectivity index (χ2n) is 5.79. The molecule has 0 unspecified atom stereocenters. The van der Waals surface area contributed by atoms with Crippen molar-refractivity contribution in [3.8, 4) is 0 Å². The molecule has 1 aromatic heterocycles. The van der Waals surface area contributed by atoms with Gasteiger partial charge in [-0.2, -0.15) is 4.31 Å². The maximum atomic E-state index is 14.1. The van der Waals surface area contributed by atoms with Crippen molar-refractivity contribution in [2.75, 3.05) is 20.3 Å². The first-order valence-corrected chi connectivity index (χ1v) is 9.59. The van der Waals surface area contributed by atoms with Gasteiger partial charge in [-0.25, -0.2) is 17.8 Å². The third-order valence-electron chi connectivity index (χ3n) is 3.99. The monoisotopic (exact) mass is 391 g/mol. The second kappa shape index (κ2) is 7.95. The van der Waals surface area contributed by atoms with E-state index in [2.05, 4.69) is 9.97 Å². The number of nitrogens with zero attached hydrogens (tertiary/aromatic N) is 2. The van der Waals surface area contributed by atoms with E-state index in [0.29, 0.717) is 10.9 Å². The van der Waals surface area contributed by atoms with Crippen molar-refractivity contribution >= 4 is 20.9 Å². The minimum absolute atomic E-state index is 0.0241. The van der Waals surface area contributed by atoms with E-state index in [1.807, 2.05) is 0 Å². The fourth-order valence-corrected chi connectivity index (χ4v) is 4.10. The number of nitrogens with one attached hydrogen (secondary N) is 1. The van der Waals surface area contributed by atoms with Gasteiger partial charge in [-0.3, -0.25) is 4.79 Å². The third-order valence-corrected chi connectivity index (χ3v) is 5.87. The summed E-state index contributed by atoms with van der Waals surface area (Å²) in [6.07, 6.45) is 0. The molecule has 3 aromatic rings. The molecule has 3 rings (SSSR count). The summed E-state index contributed by atoms with van der Waals surface area (Å²) in [6, 6.07) is 11.9. The van der Waals surface area contributed by atoms with Gasteiger partial charge in [-0.1, -0.05) is 24.3 Å². The number of hydrogen-bond donors (Lipinski definition) is 1. The van der Waals surface area contributed by atoms with E-state index >= 15 is 0 Å². The van der Waals surface area contributed by atoms with Crippen molar-refractivity contribution in [2.24, 2.45) is 0 Å². The molecular weight excluding hydrogens is 373 g/mol. The highest BCUT2D eigenvalue weighted by Gasteiger charge is 2.28. The molecule has 0 bridgehead atoms. The van der Waals surface area contributed by atoms with Gasteiger partial charge in [0.25, 0.3) is 5.56 Å². The number of benzene rings is 2. The first-order valence-electron chi connectivity index (χ1n) is 8.15. The third kappa shape index (κ3) is 4.05. The molecule has 0 aliphatic carbocycles. The van der Waals surface area contributed by atoms with Crippen LogP contribution in [0.25, 0.3) is 10.9 Å². The van der Waals surface area contributed by atoms with E-state index in [4.69, 9.17) is 4.74 Å². The quantitative estimate of drug-likeness (QED) is 0.664. The van der Waals surface area contributed by atoms with Crippen LogP contribution in [-0.4, -0.2) is 43.0 Å². The van der Waals surface area contributed by atoms with E-state index in [1.165, 1.54) is 25.3 Å². The zero-order valence-corrected chi connectivity index (χ0v) is 15.4. The zero-order chi connectivity index (χ0) is 19.4. The normalized spacial score (nSPS) is 12.0. The van der Waals surface area contributed by atoms with E-state index in [1.54, 1.807) is 24.3 Å². The minimum Gasteiger partial charge on any atom is -0.383 e. The van der Waals surface area contributed by atoms with Crippen molar-refractivity contribution in [1.29, 1.82) is 0 Å². The molecule has 0 saturated heterocycles. The molecular formula is C18H18FN3O4S. The van der Waals surface area contributed by atoms with Gasteiger partial charge in [-0.05, 0) is 24.3 Å². The van der Waals surface area contributed by atoms with Crippen LogP contribution in [0.4, 0.5) is 4.39 Å². The second-order valence-corrected chi connectivity index (χ2v) is 7.70. The summed E-state index contributed by atoms with van der Waals surface area (Å²) < 4.78 is 45.9. The molecule has 7 nitrogen and oxygen atoms in total. The number of fused-ring (bicyclic) bond motifs is 1. The Labute approximate surface area is 155 Å². The fourth-order valence-electron chi connectivity index (χ4n) is 2.65. The molecule has 0 saturated carbocycles. The van der Waals surface area contributed by atoms with E-state index in [0.717, 1.165) is 10.4 Å². The van der Waals surface area contributed by atoms with E-state index in [-0.39, 0.29) is 31.1 Å². The summed E-state index contributed by atoms with van der Waals surface area (Å²) >= 11 is 0. The average molecular weight is 391 g/mol. The summed E-state index contributed by atoms with van der Waals surface area (Å²) in [4.78, 5) is 18.7. The highest BCUT2D eigenvalue weighted by atomic mass is 32.2. The van der Waals surface area contributed by atoms with Crippen molar-refractivity contribution < 1.29 is 17.5 Å². The Bertz CT molecular complexity index is 1110. The first-order chi connectivity index (χ1) is 12.9. The fraction of sp³-hybridized carbons (Fsp3) is 0.222. The molecule has 1 N–H and O–H groups in total. The van der Waals surface area contributed by atoms with Crippen LogP contribution < -0.4 is 5.56 Å². The van der Waals surface area contributed by atoms with Gasteiger partial charge in [0, 0.05) is 13.7 Å². The Morgan fingerprint density at radius 2 is 1.85 bits per heavy atom. The van der Waals surface area contributed by atoms with Crippen molar-refractivity contribution in [3.05, 3.63) is 70.5 Å². The van der Waals surface area contributed by atoms with Crippen molar-refractivity contribution in [3.63, 3.8) is 0 Å². The van der Waals surface area contributed by atoms with Crippen LogP contribution in [0.15, 0.2) is 58.2 Å². The summed E-state index contributed by atoms with van der Waals surface area (Å²) in [5.74, 6) is -0.686. The lowest BCUT2D eigenvalue weighted by molar-refractivity contribution is 0.176. The van der Waals surface area contributed by atoms with Gasteiger partial charge in [0.1, 0.15) is 16.5 Å².